The summed E-state index contributed by atoms with van der Waals surface area (Å²) >= 11 is 0. The number of carbonyl (C=O) groups excluding carboxylic acids is 1. The number of nitrogens with zero attached hydrogens (tertiary/aromatic N) is 1. The lowest BCUT2D eigenvalue weighted by Gasteiger charge is -2.18. The van der Waals surface area contributed by atoms with Crippen molar-refractivity contribution in [1.82, 2.24) is 4.90 Å². The van der Waals surface area contributed by atoms with Gasteiger partial charge in [-0.2, -0.15) is 0 Å². The van der Waals surface area contributed by atoms with Gasteiger partial charge in [-0.3, -0.25) is 4.79 Å². The van der Waals surface area contributed by atoms with Crippen molar-refractivity contribution in [3.05, 3.63) is 12.3 Å². The molecule has 1 rings (SSSR count). The van der Waals surface area contributed by atoms with Crippen molar-refractivity contribution in [2.45, 2.75) is 32.2 Å². The van der Waals surface area contributed by atoms with Gasteiger partial charge in [-0.15, -0.1) is 0 Å². The van der Waals surface area contributed by atoms with Crippen LogP contribution in [-0.2, 0) is 4.79 Å². The Labute approximate surface area is 72.7 Å². The average molecular weight is 169 g/mol. The van der Waals surface area contributed by atoms with Gasteiger partial charge in [0.15, 0.2) is 0 Å². The van der Waals surface area contributed by atoms with E-state index in [9.17, 15) is 4.79 Å². The number of aliphatic hydroxyl groups is 1. The number of allylic oxidation sites excluding steroid dienone is 1. The summed E-state index contributed by atoms with van der Waals surface area (Å²) in [5, 5.41) is 8.93. The lowest BCUT2D eigenvalue weighted by Crippen LogP contribution is -2.30. The molecule has 1 amide bonds. The topological polar surface area (TPSA) is 40.5 Å². The van der Waals surface area contributed by atoms with Crippen molar-refractivity contribution in [2.24, 2.45) is 0 Å². The van der Waals surface area contributed by atoms with E-state index in [1.165, 1.54) is 0 Å². The molecule has 0 bridgehead atoms. The molecule has 12 heavy (non-hydrogen) atoms. The molecule has 3 heteroatoms. The van der Waals surface area contributed by atoms with Crippen LogP contribution in [0.2, 0.25) is 0 Å². The van der Waals surface area contributed by atoms with Crippen molar-refractivity contribution in [3.63, 3.8) is 0 Å². The van der Waals surface area contributed by atoms with E-state index in [1.54, 1.807) is 11.1 Å². The van der Waals surface area contributed by atoms with Crippen LogP contribution in [0.3, 0.4) is 0 Å². The summed E-state index contributed by atoms with van der Waals surface area (Å²) in [7, 11) is 0. The molecular formula is C9H15NO2. The lowest BCUT2D eigenvalue weighted by atomic mass is 10.2. The number of aliphatic hydroxyl groups excluding tert-OH is 1. The Kier molecular flexibility index (Phi) is 3.29. The smallest absolute Gasteiger partial charge is 0.226 e. The molecule has 0 aliphatic carbocycles. The highest BCUT2D eigenvalue weighted by atomic mass is 16.3. The van der Waals surface area contributed by atoms with Gasteiger partial charge in [-0.25, -0.2) is 0 Å². The average Bonchev–Trinajstić information content (AvgIpc) is 2.43. The van der Waals surface area contributed by atoms with Gasteiger partial charge in [0, 0.05) is 12.6 Å². The first kappa shape index (κ1) is 9.26. The fraction of sp³-hybridized carbons (Fsp3) is 0.667. The van der Waals surface area contributed by atoms with Crippen molar-refractivity contribution in [3.8, 4) is 0 Å². The second kappa shape index (κ2) is 4.26. The summed E-state index contributed by atoms with van der Waals surface area (Å²) < 4.78 is 0. The normalized spacial score (nSPS) is 24.3. The second-order valence-electron chi connectivity index (χ2n) is 2.97. The van der Waals surface area contributed by atoms with Gasteiger partial charge in [0.1, 0.15) is 0 Å². The van der Waals surface area contributed by atoms with Crippen LogP contribution < -0.4 is 0 Å². The molecule has 1 aliphatic heterocycles. The fourth-order valence-electron chi connectivity index (χ4n) is 1.36. The van der Waals surface area contributed by atoms with Crippen LogP contribution in [0.15, 0.2) is 12.3 Å². The van der Waals surface area contributed by atoms with Gasteiger partial charge in [0.2, 0.25) is 5.91 Å². The first-order valence-corrected chi connectivity index (χ1v) is 4.38. The van der Waals surface area contributed by atoms with E-state index in [4.69, 9.17) is 5.11 Å². The Morgan fingerprint density at radius 2 is 2.50 bits per heavy atom. The summed E-state index contributed by atoms with van der Waals surface area (Å²) in [6, 6.07) is 0.0142. The van der Waals surface area contributed by atoms with Crippen LogP contribution in [0.25, 0.3) is 0 Å². The fourth-order valence-corrected chi connectivity index (χ4v) is 1.36. The molecule has 0 spiro atoms. The minimum atomic E-state index is 0.0142. The molecule has 1 atom stereocenters. The summed E-state index contributed by atoms with van der Waals surface area (Å²) in [5.41, 5.74) is 0. The highest BCUT2D eigenvalue weighted by molar-refractivity contribution is 5.79. The Balaban J connectivity index is 2.57. The quantitative estimate of drug-likeness (QED) is 0.681. The molecule has 1 fully saturated rings. The first-order valence-electron chi connectivity index (χ1n) is 4.38. The standard InChI is InChI=1S/C9H15NO2/c1-2-3-6-10-8(7-11)4-5-9(10)12/h3,6,8,11H,2,4-5,7H2,1H3/b6-3+/t8-/m1/s1. The predicted molar refractivity (Wildman–Crippen MR) is 46.4 cm³/mol. The molecule has 1 saturated heterocycles. The van der Waals surface area contributed by atoms with Crippen LogP contribution in [0.4, 0.5) is 0 Å². The summed E-state index contributed by atoms with van der Waals surface area (Å²) in [4.78, 5) is 12.9. The molecule has 0 aromatic carbocycles. The van der Waals surface area contributed by atoms with Crippen molar-refractivity contribution in [2.75, 3.05) is 6.61 Å². The summed E-state index contributed by atoms with van der Waals surface area (Å²) in [6.07, 6.45) is 5.99. The van der Waals surface area contributed by atoms with E-state index >= 15 is 0 Å². The predicted octanol–water partition coefficient (Wildman–Crippen LogP) is 0.893. The van der Waals surface area contributed by atoms with E-state index < -0.39 is 0 Å². The summed E-state index contributed by atoms with van der Waals surface area (Å²) in [5.74, 6) is 0.124. The van der Waals surface area contributed by atoms with Crippen molar-refractivity contribution >= 4 is 5.91 Å². The Hall–Kier alpha value is -0.830. The SMILES string of the molecule is CC/C=C/N1C(=O)CC[C@@H]1CO. The van der Waals surface area contributed by atoms with E-state index in [0.29, 0.717) is 6.42 Å². The first-order chi connectivity index (χ1) is 5.79. The monoisotopic (exact) mass is 169 g/mol. The molecule has 0 saturated carbocycles. The molecule has 0 radical (unpaired) electrons. The number of rotatable bonds is 3. The van der Waals surface area contributed by atoms with Gasteiger partial charge in [0.05, 0.1) is 12.6 Å². The second-order valence-corrected chi connectivity index (χ2v) is 2.97. The van der Waals surface area contributed by atoms with Crippen LogP contribution in [0, 0.1) is 0 Å². The zero-order valence-corrected chi connectivity index (χ0v) is 7.36. The molecule has 0 unspecified atom stereocenters. The van der Waals surface area contributed by atoms with Crippen LogP contribution in [-0.4, -0.2) is 28.6 Å². The van der Waals surface area contributed by atoms with Gasteiger partial charge in [-0.05, 0) is 12.8 Å². The zero-order valence-electron chi connectivity index (χ0n) is 7.36. The number of amides is 1. The molecule has 1 aliphatic rings. The highest BCUT2D eigenvalue weighted by Gasteiger charge is 2.28. The summed E-state index contributed by atoms with van der Waals surface area (Å²) in [6.45, 7) is 2.09. The molecule has 1 heterocycles. The van der Waals surface area contributed by atoms with Gasteiger partial charge >= 0.3 is 0 Å². The third kappa shape index (κ3) is 1.85. The Bertz CT molecular complexity index is 189. The number of carbonyl (C=O) groups is 1. The van der Waals surface area contributed by atoms with Gasteiger partial charge < -0.3 is 10.0 Å². The molecule has 0 aromatic rings. The van der Waals surface area contributed by atoms with E-state index in [-0.39, 0.29) is 18.6 Å². The van der Waals surface area contributed by atoms with Crippen molar-refractivity contribution < 1.29 is 9.90 Å². The Morgan fingerprint density at radius 1 is 1.75 bits per heavy atom. The van der Waals surface area contributed by atoms with E-state index in [2.05, 4.69) is 0 Å². The van der Waals surface area contributed by atoms with E-state index in [0.717, 1.165) is 12.8 Å². The van der Waals surface area contributed by atoms with Gasteiger partial charge in [0.25, 0.3) is 0 Å². The molecule has 0 aromatic heterocycles. The maximum Gasteiger partial charge on any atom is 0.226 e. The molecule has 68 valence electrons. The minimum absolute atomic E-state index is 0.0142. The largest absolute Gasteiger partial charge is 0.394 e. The number of hydrogen-bond acceptors (Lipinski definition) is 2. The van der Waals surface area contributed by atoms with Crippen molar-refractivity contribution in [1.29, 1.82) is 0 Å². The molecule has 1 N–H and O–H groups in total. The van der Waals surface area contributed by atoms with Crippen LogP contribution in [0.1, 0.15) is 26.2 Å². The van der Waals surface area contributed by atoms with Crippen LogP contribution >= 0.6 is 0 Å². The molecular weight excluding hydrogens is 154 g/mol. The highest BCUT2D eigenvalue weighted by Crippen LogP contribution is 2.18. The minimum Gasteiger partial charge on any atom is -0.394 e. The lowest BCUT2D eigenvalue weighted by molar-refractivity contribution is -0.126. The van der Waals surface area contributed by atoms with E-state index in [1.807, 2.05) is 13.0 Å². The third-order valence-corrected chi connectivity index (χ3v) is 2.09. The zero-order chi connectivity index (χ0) is 8.97. The number of likely N-dealkylation sites (tertiary alicyclic amines) is 1. The van der Waals surface area contributed by atoms with Gasteiger partial charge in [-0.1, -0.05) is 13.0 Å². The number of hydrogen-bond donors (Lipinski definition) is 1. The Morgan fingerprint density at radius 3 is 3.08 bits per heavy atom. The third-order valence-electron chi connectivity index (χ3n) is 2.09. The molecule has 3 nitrogen and oxygen atoms in total. The van der Waals surface area contributed by atoms with Crippen LogP contribution in [0.5, 0.6) is 0 Å². The maximum absolute atomic E-state index is 11.2. The maximum atomic E-state index is 11.2.